The number of hydrogen-bond acceptors (Lipinski definition) is 12. The quantitative estimate of drug-likeness (QED) is 0.0561. The van der Waals surface area contributed by atoms with Gasteiger partial charge in [-0.05, 0) is 60.7 Å². The van der Waals surface area contributed by atoms with Crippen LogP contribution in [0, 0.1) is 10.1 Å². The molecule has 0 aromatic heterocycles. The zero-order valence-corrected chi connectivity index (χ0v) is 37.8. The summed E-state index contributed by atoms with van der Waals surface area (Å²) in [5, 5.41) is 22.1. The normalized spacial score (nSPS) is 17.1. The second kappa shape index (κ2) is 23.8. The van der Waals surface area contributed by atoms with Gasteiger partial charge in [-0.1, -0.05) is 78.9 Å². The van der Waals surface area contributed by atoms with Crippen LogP contribution >= 0.6 is 0 Å². The first kappa shape index (κ1) is 49.2. The largest absolute Gasteiger partial charge is 0.447 e. The van der Waals surface area contributed by atoms with E-state index in [4.69, 9.17) is 23.7 Å². The van der Waals surface area contributed by atoms with Gasteiger partial charge in [0.05, 0.1) is 18.1 Å². The predicted molar refractivity (Wildman–Crippen MR) is 243 cm³/mol. The molecule has 2 heterocycles. The van der Waals surface area contributed by atoms with Gasteiger partial charge < -0.3 is 54.8 Å². The minimum Gasteiger partial charge on any atom is -0.447 e. The van der Waals surface area contributed by atoms with Crippen molar-refractivity contribution < 1.29 is 52.6 Å². The number of carbonyl (C=O) groups excluding carboxylic acids is 5. The van der Waals surface area contributed by atoms with E-state index in [9.17, 15) is 34.1 Å². The van der Waals surface area contributed by atoms with E-state index in [1.807, 2.05) is 54.6 Å². The van der Waals surface area contributed by atoms with Crippen LogP contribution < -0.4 is 21.3 Å². The molecule has 2 saturated heterocycles. The Labute approximate surface area is 388 Å². The number of non-ortho nitro benzene ring substituents is 1. The molecule has 67 heavy (non-hydrogen) atoms. The fraction of sp³-hybridized carbons (Fsp3) is 0.396. The topological polar surface area (TPSA) is 229 Å². The second-order valence-electron chi connectivity index (χ2n) is 16.9. The maximum absolute atomic E-state index is 13.6. The maximum Gasteiger partial charge on any atom is 0.410 e. The van der Waals surface area contributed by atoms with Crippen LogP contribution in [0.15, 0.2) is 103 Å². The van der Waals surface area contributed by atoms with Crippen LogP contribution in [0.5, 0.6) is 0 Å². The van der Waals surface area contributed by atoms with Gasteiger partial charge in [-0.3, -0.25) is 14.9 Å². The number of nitro groups is 1. The Kier molecular flexibility index (Phi) is 17.5. The summed E-state index contributed by atoms with van der Waals surface area (Å²) in [6.45, 7) is 7.54. The van der Waals surface area contributed by atoms with Crippen LogP contribution in [-0.4, -0.2) is 108 Å². The van der Waals surface area contributed by atoms with E-state index in [0.717, 1.165) is 16.7 Å². The lowest BCUT2D eigenvalue weighted by molar-refractivity contribution is -0.384. The molecule has 6 amide bonds. The molecule has 0 saturated carbocycles. The van der Waals surface area contributed by atoms with Crippen molar-refractivity contribution in [3.63, 3.8) is 0 Å². The summed E-state index contributed by atoms with van der Waals surface area (Å²) in [6.07, 6.45) is -3.72. The van der Waals surface area contributed by atoms with Crippen molar-refractivity contribution in [2.24, 2.45) is 0 Å². The summed E-state index contributed by atoms with van der Waals surface area (Å²) >= 11 is 0. The molecule has 4 aromatic rings. The second-order valence-corrected chi connectivity index (χ2v) is 16.9. The SMILES string of the molecule is CC(C)(C)OC(=O)NCc1ccc(CNC(=O)N2CCN(C(=O)O[C@@H]3CCO[C@H](COC(=O)NCc4cccc(C(=O)NCc5ccc([N+](=O)[O-])cc5)c4)[C@H]3OCc3ccccc3)CC2)cc1. The van der Waals surface area contributed by atoms with Crippen LogP contribution in [-0.2, 0) is 56.5 Å². The molecule has 6 rings (SSSR count). The Morgan fingerprint density at radius 2 is 1.28 bits per heavy atom. The molecular formula is C48H57N7O12. The Balaban J connectivity index is 0.949. The van der Waals surface area contributed by atoms with Gasteiger partial charge in [-0.25, -0.2) is 19.2 Å². The van der Waals surface area contributed by atoms with Crippen LogP contribution in [0.3, 0.4) is 0 Å². The molecule has 2 fully saturated rings. The fourth-order valence-electron chi connectivity index (χ4n) is 7.16. The molecule has 0 bridgehead atoms. The number of benzene rings is 4. The minimum atomic E-state index is -0.783. The molecule has 0 aliphatic carbocycles. The molecule has 19 nitrogen and oxygen atoms in total. The smallest absolute Gasteiger partial charge is 0.410 e. The van der Waals surface area contributed by atoms with E-state index in [-0.39, 0.29) is 63.6 Å². The van der Waals surface area contributed by atoms with Crippen LogP contribution in [0.4, 0.5) is 24.9 Å². The predicted octanol–water partition coefficient (Wildman–Crippen LogP) is 6.18. The van der Waals surface area contributed by atoms with E-state index in [1.165, 1.54) is 12.1 Å². The number of hydrogen-bond donors (Lipinski definition) is 4. The van der Waals surface area contributed by atoms with Crippen LogP contribution in [0.2, 0.25) is 0 Å². The van der Waals surface area contributed by atoms with Crippen LogP contribution in [0.1, 0.15) is 65.4 Å². The molecular weight excluding hydrogens is 867 g/mol. The standard InChI is InChI=1S/C48H57N7O12/c1-48(2,3)67-46(59)52-29-34-14-12-33(13-15-34)28-50-44(57)53-21-23-54(24-22-53)47(60)66-40-20-25-63-41(42(40)64-31-36-8-5-4-6-9-36)32-65-45(58)51-30-37-10-7-11-38(26-37)43(56)49-27-35-16-18-39(19-17-35)55(61)62/h4-19,26,40-42H,20-25,27-32H2,1-3H3,(H,49,56)(H,50,57)(H,51,58)(H,52,59)/t40-,41-,42+/m1/s1. The molecule has 0 spiro atoms. The number of nitrogens with zero attached hydrogens (tertiary/aromatic N) is 3. The van der Waals surface area contributed by atoms with E-state index < -0.39 is 47.1 Å². The van der Waals surface area contributed by atoms with Gasteiger partial charge in [0.15, 0.2) is 0 Å². The van der Waals surface area contributed by atoms with Gasteiger partial charge in [-0.15, -0.1) is 0 Å². The summed E-state index contributed by atoms with van der Waals surface area (Å²) in [6, 6.07) is 29.3. The zero-order valence-electron chi connectivity index (χ0n) is 37.8. The lowest BCUT2D eigenvalue weighted by atomic mass is 10.0. The fourth-order valence-corrected chi connectivity index (χ4v) is 7.16. The number of rotatable bonds is 16. The summed E-state index contributed by atoms with van der Waals surface area (Å²) in [5.41, 5.74) is 3.72. The van der Waals surface area contributed by atoms with Gasteiger partial charge in [0.1, 0.15) is 30.5 Å². The number of urea groups is 1. The molecule has 2 aliphatic heterocycles. The first-order valence-corrected chi connectivity index (χ1v) is 22.0. The Morgan fingerprint density at radius 1 is 0.701 bits per heavy atom. The number of nitrogens with one attached hydrogen (secondary N) is 4. The first-order valence-electron chi connectivity index (χ1n) is 22.0. The molecule has 0 radical (unpaired) electrons. The van der Waals surface area contributed by atoms with Crippen molar-refractivity contribution >= 4 is 35.9 Å². The average molecular weight is 924 g/mol. The highest BCUT2D eigenvalue weighted by atomic mass is 16.6. The van der Waals surface area contributed by atoms with Crippen molar-refractivity contribution in [1.29, 1.82) is 0 Å². The summed E-state index contributed by atoms with van der Waals surface area (Å²) in [5.74, 6) is -0.358. The summed E-state index contributed by atoms with van der Waals surface area (Å²) < 4.78 is 29.2. The minimum absolute atomic E-state index is 0.0420. The molecule has 356 valence electrons. The Bertz CT molecular complexity index is 2300. The van der Waals surface area contributed by atoms with Crippen molar-refractivity contribution in [2.45, 2.75) is 83.9 Å². The monoisotopic (exact) mass is 923 g/mol. The summed E-state index contributed by atoms with van der Waals surface area (Å²) in [7, 11) is 0. The molecule has 3 atom stereocenters. The van der Waals surface area contributed by atoms with Crippen molar-refractivity contribution in [1.82, 2.24) is 31.1 Å². The third-order valence-electron chi connectivity index (χ3n) is 10.7. The highest BCUT2D eigenvalue weighted by Crippen LogP contribution is 2.24. The molecule has 4 aromatic carbocycles. The van der Waals surface area contributed by atoms with Gasteiger partial charge in [0, 0.05) is 76.5 Å². The molecule has 4 N–H and O–H groups in total. The maximum atomic E-state index is 13.6. The number of carbonyl (C=O) groups is 5. The zero-order chi connectivity index (χ0) is 47.8. The molecule has 0 unspecified atom stereocenters. The lowest BCUT2D eigenvalue weighted by Crippen LogP contribution is -2.55. The molecule has 19 heteroatoms. The average Bonchev–Trinajstić information content (AvgIpc) is 3.33. The third kappa shape index (κ3) is 15.7. The first-order chi connectivity index (χ1) is 32.2. The Hall–Kier alpha value is -7.25. The van der Waals surface area contributed by atoms with E-state index >= 15 is 0 Å². The highest BCUT2D eigenvalue weighted by Gasteiger charge is 2.40. The van der Waals surface area contributed by atoms with Gasteiger partial charge in [0.2, 0.25) is 0 Å². The molecule has 2 aliphatic rings. The van der Waals surface area contributed by atoms with E-state index in [0.29, 0.717) is 49.3 Å². The van der Waals surface area contributed by atoms with Crippen LogP contribution in [0.25, 0.3) is 0 Å². The number of alkyl carbamates (subject to hydrolysis) is 2. The number of ether oxygens (including phenoxy) is 5. The number of amides is 6. The van der Waals surface area contributed by atoms with Crippen molar-refractivity contribution in [3.8, 4) is 0 Å². The highest BCUT2D eigenvalue weighted by molar-refractivity contribution is 5.94. The van der Waals surface area contributed by atoms with Gasteiger partial charge in [0.25, 0.3) is 11.6 Å². The number of nitro benzene ring substituents is 1. The van der Waals surface area contributed by atoms with Crippen molar-refractivity contribution in [2.75, 3.05) is 39.4 Å². The summed E-state index contributed by atoms with van der Waals surface area (Å²) in [4.78, 5) is 78.0. The number of piperazine rings is 1. The van der Waals surface area contributed by atoms with Gasteiger partial charge in [-0.2, -0.15) is 0 Å². The Morgan fingerprint density at radius 3 is 1.94 bits per heavy atom. The third-order valence-corrected chi connectivity index (χ3v) is 10.7. The van der Waals surface area contributed by atoms with E-state index in [1.54, 1.807) is 67.0 Å². The van der Waals surface area contributed by atoms with E-state index in [2.05, 4.69) is 21.3 Å². The van der Waals surface area contributed by atoms with Gasteiger partial charge >= 0.3 is 24.3 Å². The lowest BCUT2D eigenvalue weighted by Gasteiger charge is -2.39. The van der Waals surface area contributed by atoms with Crippen molar-refractivity contribution in [3.05, 3.63) is 147 Å².